The number of hydrogen-bond donors (Lipinski definition) is 1. The van der Waals surface area contributed by atoms with E-state index >= 15 is 0 Å². The fraction of sp³-hybridized carbons (Fsp3) is 0.125. The van der Waals surface area contributed by atoms with Crippen LogP contribution >= 0.6 is 11.6 Å². The Morgan fingerprint density at radius 2 is 1.80 bits per heavy atom. The molecule has 0 aliphatic carbocycles. The number of hydrogen-bond acceptors (Lipinski definition) is 2. The van der Waals surface area contributed by atoms with Crippen molar-refractivity contribution in [3.05, 3.63) is 63.7 Å². The predicted molar refractivity (Wildman–Crippen MR) is 80.0 cm³/mol. The monoisotopic (exact) mass is 284 g/mol. The molecule has 2 rings (SSSR count). The highest BCUT2D eigenvalue weighted by Gasteiger charge is 2.10. The average Bonchev–Trinajstić information content (AvgIpc) is 2.40. The van der Waals surface area contributed by atoms with E-state index in [9.17, 15) is 4.79 Å². The zero-order valence-electron chi connectivity index (χ0n) is 11.2. The summed E-state index contributed by atoms with van der Waals surface area (Å²) < 4.78 is 0. The molecule has 0 heterocycles. The number of benzene rings is 2. The van der Waals surface area contributed by atoms with Crippen LogP contribution in [0.5, 0.6) is 0 Å². The van der Waals surface area contributed by atoms with Gasteiger partial charge in [0.2, 0.25) is 0 Å². The standard InChI is InChI=1S/C16H13ClN2O/c1-10-5-11(2)7-13(6-10)16(20)19-15-8-12(9-18)3-4-14(15)17/h3-8H,1-2H3,(H,19,20). The number of rotatable bonds is 2. The topological polar surface area (TPSA) is 52.9 Å². The molecule has 0 saturated carbocycles. The summed E-state index contributed by atoms with van der Waals surface area (Å²) in [7, 11) is 0. The van der Waals surface area contributed by atoms with E-state index in [-0.39, 0.29) is 5.91 Å². The van der Waals surface area contributed by atoms with Gasteiger partial charge in [-0.05, 0) is 44.2 Å². The summed E-state index contributed by atoms with van der Waals surface area (Å²) in [5.41, 5.74) is 3.50. The molecule has 100 valence electrons. The minimum absolute atomic E-state index is 0.242. The zero-order chi connectivity index (χ0) is 14.7. The van der Waals surface area contributed by atoms with E-state index < -0.39 is 0 Å². The van der Waals surface area contributed by atoms with Crippen LogP contribution in [0.25, 0.3) is 0 Å². The molecule has 0 unspecified atom stereocenters. The van der Waals surface area contributed by atoms with Gasteiger partial charge in [0.1, 0.15) is 0 Å². The van der Waals surface area contributed by atoms with Crippen molar-refractivity contribution < 1.29 is 4.79 Å². The van der Waals surface area contributed by atoms with Crippen molar-refractivity contribution >= 4 is 23.2 Å². The highest BCUT2D eigenvalue weighted by molar-refractivity contribution is 6.34. The van der Waals surface area contributed by atoms with Crippen molar-refractivity contribution in [2.45, 2.75) is 13.8 Å². The van der Waals surface area contributed by atoms with Crippen LogP contribution in [0.4, 0.5) is 5.69 Å². The lowest BCUT2D eigenvalue weighted by atomic mass is 10.1. The Balaban J connectivity index is 2.30. The van der Waals surface area contributed by atoms with E-state index in [1.807, 2.05) is 38.1 Å². The maximum atomic E-state index is 12.2. The molecular weight excluding hydrogens is 272 g/mol. The first kappa shape index (κ1) is 14.1. The van der Waals surface area contributed by atoms with Gasteiger partial charge in [-0.15, -0.1) is 0 Å². The minimum atomic E-state index is -0.242. The van der Waals surface area contributed by atoms with Crippen molar-refractivity contribution in [2.75, 3.05) is 5.32 Å². The lowest BCUT2D eigenvalue weighted by Gasteiger charge is -2.09. The highest BCUT2D eigenvalue weighted by atomic mass is 35.5. The summed E-state index contributed by atoms with van der Waals surface area (Å²) in [6, 6.07) is 12.4. The third-order valence-electron chi connectivity index (χ3n) is 2.83. The summed E-state index contributed by atoms with van der Waals surface area (Å²) >= 11 is 6.02. The summed E-state index contributed by atoms with van der Waals surface area (Å²) in [5.74, 6) is -0.242. The number of aryl methyl sites for hydroxylation is 2. The molecule has 0 atom stereocenters. The zero-order valence-corrected chi connectivity index (χ0v) is 12.0. The van der Waals surface area contributed by atoms with Gasteiger partial charge in [0, 0.05) is 5.56 Å². The molecular formula is C16H13ClN2O. The van der Waals surface area contributed by atoms with Crippen molar-refractivity contribution in [3.8, 4) is 6.07 Å². The molecule has 0 radical (unpaired) electrons. The first-order chi connectivity index (χ1) is 9.49. The third-order valence-corrected chi connectivity index (χ3v) is 3.16. The van der Waals surface area contributed by atoms with Crippen molar-refractivity contribution in [1.82, 2.24) is 0 Å². The number of anilines is 1. The van der Waals surface area contributed by atoms with E-state index in [1.54, 1.807) is 18.2 Å². The molecule has 0 fully saturated rings. The highest BCUT2D eigenvalue weighted by Crippen LogP contribution is 2.23. The van der Waals surface area contributed by atoms with Crippen molar-refractivity contribution in [2.24, 2.45) is 0 Å². The second kappa shape index (κ2) is 5.77. The van der Waals surface area contributed by atoms with Crippen LogP contribution in [0.1, 0.15) is 27.0 Å². The minimum Gasteiger partial charge on any atom is -0.321 e. The first-order valence-corrected chi connectivity index (χ1v) is 6.46. The quantitative estimate of drug-likeness (QED) is 0.903. The van der Waals surface area contributed by atoms with Gasteiger partial charge in [0.05, 0.1) is 22.3 Å². The number of halogens is 1. The van der Waals surface area contributed by atoms with Gasteiger partial charge < -0.3 is 5.32 Å². The maximum absolute atomic E-state index is 12.2. The Kier molecular flexibility index (Phi) is 4.07. The summed E-state index contributed by atoms with van der Waals surface area (Å²) in [6.45, 7) is 3.88. The molecule has 2 aromatic rings. The van der Waals surface area contributed by atoms with Gasteiger partial charge in [-0.25, -0.2) is 0 Å². The number of nitrogens with zero attached hydrogens (tertiary/aromatic N) is 1. The van der Waals surface area contributed by atoms with E-state index in [0.29, 0.717) is 21.8 Å². The van der Waals surface area contributed by atoms with Gasteiger partial charge in [-0.2, -0.15) is 5.26 Å². The summed E-state index contributed by atoms with van der Waals surface area (Å²) in [6.07, 6.45) is 0. The van der Waals surface area contributed by atoms with Gasteiger partial charge in [-0.1, -0.05) is 28.8 Å². The van der Waals surface area contributed by atoms with E-state index in [2.05, 4.69) is 5.32 Å². The first-order valence-electron chi connectivity index (χ1n) is 6.09. The maximum Gasteiger partial charge on any atom is 0.255 e. The normalized spacial score (nSPS) is 9.90. The Labute approximate surface area is 122 Å². The molecule has 0 aromatic heterocycles. The third kappa shape index (κ3) is 3.17. The van der Waals surface area contributed by atoms with Crippen molar-refractivity contribution in [3.63, 3.8) is 0 Å². The van der Waals surface area contributed by atoms with Gasteiger partial charge >= 0.3 is 0 Å². The second-order valence-corrected chi connectivity index (χ2v) is 5.04. The molecule has 4 heteroatoms. The molecule has 1 N–H and O–H groups in total. The Bertz CT molecular complexity index is 697. The van der Waals surface area contributed by atoms with Gasteiger partial charge in [0.25, 0.3) is 5.91 Å². The Morgan fingerprint density at radius 1 is 1.15 bits per heavy atom. The summed E-state index contributed by atoms with van der Waals surface area (Å²) in [4.78, 5) is 12.2. The number of amides is 1. The molecule has 0 spiro atoms. The van der Waals surface area contributed by atoms with E-state index in [1.165, 1.54) is 0 Å². The molecule has 0 aliphatic heterocycles. The largest absolute Gasteiger partial charge is 0.321 e. The smallest absolute Gasteiger partial charge is 0.255 e. The summed E-state index contributed by atoms with van der Waals surface area (Å²) in [5, 5.41) is 12.0. The fourth-order valence-electron chi connectivity index (χ4n) is 1.99. The molecule has 2 aromatic carbocycles. The number of nitriles is 1. The van der Waals surface area contributed by atoms with Gasteiger partial charge in [-0.3, -0.25) is 4.79 Å². The van der Waals surface area contributed by atoms with E-state index in [4.69, 9.17) is 16.9 Å². The number of carbonyl (C=O) groups excluding carboxylic acids is 1. The molecule has 0 aliphatic rings. The molecule has 20 heavy (non-hydrogen) atoms. The van der Waals surface area contributed by atoms with Crippen LogP contribution in [-0.4, -0.2) is 5.91 Å². The van der Waals surface area contributed by atoms with Crippen LogP contribution in [-0.2, 0) is 0 Å². The number of nitrogens with one attached hydrogen (secondary N) is 1. The molecule has 0 saturated heterocycles. The fourth-order valence-corrected chi connectivity index (χ4v) is 2.16. The molecule has 0 bridgehead atoms. The van der Waals surface area contributed by atoms with Crippen LogP contribution in [0.15, 0.2) is 36.4 Å². The van der Waals surface area contributed by atoms with Crippen molar-refractivity contribution in [1.29, 1.82) is 5.26 Å². The predicted octanol–water partition coefficient (Wildman–Crippen LogP) is 4.08. The second-order valence-electron chi connectivity index (χ2n) is 4.64. The molecule has 3 nitrogen and oxygen atoms in total. The number of carbonyl (C=O) groups is 1. The Morgan fingerprint density at radius 3 is 2.40 bits per heavy atom. The van der Waals surface area contributed by atoms with Crippen LogP contribution < -0.4 is 5.32 Å². The average molecular weight is 285 g/mol. The lowest BCUT2D eigenvalue weighted by Crippen LogP contribution is -2.12. The molecule has 1 amide bonds. The Hall–Kier alpha value is -2.31. The lowest BCUT2D eigenvalue weighted by molar-refractivity contribution is 0.102. The van der Waals surface area contributed by atoms with Crippen LogP contribution in [0.3, 0.4) is 0 Å². The van der Waals surface area contributed by atoms with E-state index in [0.717, 1.165) is 11.1 Å². The van der Waals surface area contributed by atoms with Gasteiger partial charge in [0.15, 0.2) is 0 Å². The van der Waals surface area contributed by atoms with Crippen LogP contribution in [0.2, 0.25) is 5.02 Å². The van der Waals surface area contributed by atoms with Crippen LogP contribution in [0, 0.1) is 25.2 Å². The SMILES string of the molecule is Cc1cc(C)cc(C(=O)Nc2cc(C#N)ccc2Cl)c1.